The highest BCUT2D eigenvalue weighted by molar-refractivity contribution is 9.11. The highest BCUT2D eigenvalue weighted by Gasteiger charge is 2.18. The molecular weight excluding hydrogens is 380 g/mol. The van der Waals surface area contributed by atoms with Crippen LogP contribution in [0.15, 0.2) is 20.4 Å². The molecule has 0 saturated heterocycles. The predicted octanol–water partition coefficient (Wildman–Crippen LogP) is 3.06. The third-order valence-corrected chi connectivity index (χ3v) is 5.57. The van der Waals surface area contributed by atoms with Gasteiger partial charge in [-0.25, -0.2) is 0 Å². The topological polar surface area (TPSA) is 55.9 Å². The van der Waals surface area contributed by atoms with Crippen LogP contribution in [-0.4, -0.2) is 9.78 Å². The summed E-state index contributed by atoms with van der Waals surface area (Å²) < 4.78 is 4.06. The van der Waals surface area contributed by atoms with Gasteiger partial charge in [-0.2, -0.15) is 5.10 Å². The molecule has 2 rings (SSSR count). The lowest BCUT2D eigenvalue weighted by Gasteiger charge is -2.14. The average Bonchev–Trinajstić information content (AvgIpc) is 2.84. The molecule has 0 aromatic carbocycles. The Morgan fingerprint density at radius 1 is 1.50 bits per heavy atom. The van der Waals surface area contributed by atoms with Gasteiger partial charge in [0.1, 0.15) is 0 Å². The van der Waals surface area contributed by atoms with E-state index in [0.29, 0.717) is 0 Å². The summed E-state index contributed by atoms with van der Waals surface area (Å²) >= 11 is 8.74. The Balaban J connectivity index is 2.25. The van der Waals surface area contributed by atoms with Gasteiger partial charge in [0, 0.05) is 18.3 Å². The third-order valence-electron chi connectivity index (χ3n) is 2.80. The SMILES string of the molecule is Cc1nn(C)c(CC(NN)c2ccc(Br)s2)c1Br. The summed E-state index contributed by atoms with van der Waals surface area (Å²) in [5.41, 5.74) is 5.01. The predicted molar refractivity (Wildman–Crippen MR) is 81.4 cm³/mol. The van der Waals surface area contributed by atoms with Crippen LogP contribution in [0.2, 0.25) is 0 Å². The van der Waals surface area contributed by atoms with Crippen molar-refractivity contribution in [3.8, 4) is 0 Å². The third kappa shape index (κ3) is 2.85. The number of rotatable bonds is 4. The number of aryl methyl sites for hydroxylation is 2. The van der Waals surface area contributed by atoms with E-state index in [1.807, 2.05) is 24.7 Å². The van der Waals surface area contributed by atoms with Crippen molar-refractivity contribution in [2.75, 3.05) is 0 Å². The lowest BCUT2D eigenvalue weighted by atomic mass is 10.1. The maximum absolute atomic E-state index is 5.67. The van der Waals surface area contributed by atoms with Crippen LogP contribution in [0.1, 0.15) is 22.3 Å². The van der Waals surface area contributed by atoms with E-state index in [0.717, 1.165) is 26.1 Å². The van der Waals surface area contributed by atoms with Gasteiger partial charge in [0.15, 0.2) is 0 Å². The molecule has 18 heavy (non-hydrogen) atoms. The number of aromatic nitrogens is 2. The number of nitrogens with one attached hydrogen (secondary N) is 1. The van der Waals surface area contributed by atoms with Crippen LogP contribution < -0.4 is 11.3 Å². The van der Waals surface area contributed by atoms with Crippen LogP contribution in [0.5, 0.6) is 0 Å². The Morgan fingerprint density at radius 3 is 2.67 bits per heavy atom. The Bertz CT molecular complexity index is 549. The van der Waals surface area contributed by atoms with Gasteiger partial charge in [-0.15, -0.1) is 11.3 Å². The van der Waals surface area contributed by atoms with E-state index in [-0.39, 0.29) is 6.04 Å². The molecule has 4 nitrogen and oxygen atoms in total. The van der Waals surface area contributed by atoms with Crippen molar-refractivity contribution >= 4 is 43.2 Å². The van der Waals surface area contributed by atoms with E-state index >= 15 is 0 Å². The molecule has 0 bridgehead atoms. The minimum atomic E-state index is 0.0902. The lowest BCUT2D eigenvalue weighted by molar-refractivity contribution is 0.536. The summed E-state index contributed by atoms with van der Waals surface area (Å²) in [4.78, 5) is 1.20. The van der Waals surface area contributed by atoms with E-state index in [4.69, 9.17) is 5.84 Å². The molecule has 0 aliphatic rings. The van der Waals surface area contributed by atoms with Crippen molar-refractivity contribution in [1.29, 1.82) is 0 Å². The number of thiophene rings is 1. The molecule has 2 aromatic heterocycles. The van der Waals surface area contributed by atoms with Crippen LogP contribution >= 0.6 is 43.2 Å². The molecular formula is C11H14Br2N4S. The molecule has 0 radical (unpaired) electrons. The molecule has 0 aliphatic heterocycles. The number of hydrazine groups is 1. The maximum atomic E-state index is 5.67. The van der Waals surface area contributed by atoms with E-state index in [1.165, 1.54) is 4.88 Å². The zero-order chi connectivity index (χ0) is 13.3. The molecule has 0 amide bonds. The number of hydrogen-bond acceptors (Lipinski definition) is 4. The smallest absolute Gasteiger partial charge is 0.0738 e. The normalized spacial score (nSPS) is 12.9. The molecule has 2 aromatic rings. The van der Waals surface area contributed by atoms with Crippen LogP contribution in [-0.2, 0) is 13.5 Å². The average molecular weight is 394 g/mol. The summed E-state index contributed by atoms with van der Waals surface area (Å²) in [5.74, 6) is 5.67. The van der Waals surface area contributed by atoms with E-state index in [1.54, 1.807) is 11.3 Å². The van der Waals surface area contributed by atoms with E-state index < -0.39 is 0 Å². The molecule has 0 spiro atoms. The molecule has 0 fully saturated rings. The maximum Gasteiger partial charge on any atom is 0.0738 e. The summed E-state index contributed by atoms with van der Waals surface area (Å²) in [6.45, 7) is 1.99. The minimum Gasteiger partial charge on any atom is -0.271 e. The van der Waals surface area contributed by atoms with Crippen LogP contribution in [0, 0.1) is 6.92 Å². The quantitative estimate of drug-likeness (QED) is 0.619. The van der Waals surface area contributed by atoms with Crippen molar-refractivity contribution in [1.82, 2.24) is 15.2 Å². The largest absolute Gasteiger partial charge is 0.271 e. The Hall–Kier alpha value is -0.210. The first-order valence-electron chi connectivity index (χ1n) is 5.42. The summed E-state index contributed by atoms with van der Waals surface area (Å²) in [7, 11) is 1.95. The van der Waals surface area contributed by atoms with Crippen molar-refractivity contribution < 1.29 is 0 Å². The van der Waals surface area contributed by atoms with Crippen molar-refractivity contribution in [3.05, 3.63) is 36.7 Å². The summed E-state index contributed by atoms with van der Waals surface area (Å²) in [6.07, 6.45) is 0.793. The van der Waals surface area contributed by atoms with Gasteiger partial charge in [-0.3, -0.25) is 16.0 Å². The standard InChI is InChI=1S/C11H14Br2N4S/c1-6-11(13)8(17(2)16-6)5-7(15-14)9-3-4-10(12)18-9/h3-4,7,15H,5,14H2,1-2H3. The molecule has 2 heterocycles. The minimum absolute atomic E-state index is 0.0902. The van der Waals surface area contributed by atoms with Gasteiger partial charge in [-0.05, 0) is 50.9 Å². The van der Waals surface area contributed by atoms with Gasteiger partial charge in [-0.1, -0.05) is 0 Å². The molecule has 98 valence electrons. The fraction of sp³-hybridized carbons (Fsp3) is 0.364. The van der Waals surface area contributed by atoms with Crippen LogP contribution in [0.4, 0.5) is 0 Å². The molecule has 1 unspecified atom stereocenters. The number of halogens is 2. The van der Waals surface area contributed by atoms with E-state index in [2.05, 4.69) is 48.5 Å². The van der Waals surface area contributed by atoms with Crippen molar-refractivity contribution in [3.63, 3.8) is 0 Å². The van der Waals surface area contributed by atoms with Crippen LogP contribution in [0.25, 0.3) is 0 Å². The highest BCUT2D eigenvalue weighted by Crippen LogP contribution is 2.31. The molecule has 0 saturated carbocycles. The summed E-state index contributed by atoms with van der Waals surface area (Å²) in [5, 5.41) is 4.39. The Kier molecular flexibility index (Phi) is 4.60. The van der Waals surface area contributed by atoms with Gasteiger partial charge >= 0.3 is 0 Å². The van der Waals surface area contributed by atoms with Gasteiger partial charge in [0.25, 0.3) is 0 Å². The zero-order valence-electron chi connectivity index (χ0n) is 10.1. The van der Waals surface area contributed by atoms with Crippen molar-refractivity contribution in [2.24, 2.45) is 12.9 Å². The monoisotopic (exact) mass is 392 g/mol. The van der Waals surface area contributed by atoms with E-state index in [9.17, 15) is 0 Å². The van der Waals surface area contributed by atoms with Crippen LogP contribution in [0.3, 0.4) is 0 Å². The first-order chi connectivity index (χ1) is 8.52. The second kappa shape index (κ2) is 5.83. The lowest BCUT2D eigenvalue weighted by Crippen LogP contribution is -2.29. The zero-order valence-corrected chi connectivity index (χ0v) is 14.1. The first-order valence-corrected chi connectivity index (χ1v) is 7.82. The fourth-order valence-electron chi connectivity index (χ4n) is 1.85. The summed E-state index contributed by atoms with van der Waals surface area (Å²) in [6, 6.07) is 4.21. The second-order valence-electron chi connectivity index (χ2n) is 4.03. The molecule has 3 N–H and O–H groups in total. The Morgan fingerprint density at radius 2 is 2.22 bits per heavy atom. The number of nitrogens with zero attached hydrogens (tertiary/aromatic N) is 2. The van der Waals surface area contributed by atoms with Gasteiger partial charge in [0.05, 0.1) is 25.7 Å². The van der Waals surface area contributed by atoms with Gasteiger partial charge in [0.2, 0.25) is 0 Å². The Labute approximate surface area is 127 Å². The number of nitrogens with two attached hydrogens (primary N) is 1. The fourth-order valence-corrected chi connectivity index (χ4v) is 3.83. The first kappa shape index (κ1) is 14.2. The molecule has 1 atom stereocenters. The van der Waals surface area contributed by atoms with Gasteiger partial charge < -0.3 is 0 Å². The molecule has 7 heteroatoms. The highest BCUT2D eigenvalue weighted by atomic mass is 79.9. The second-order valence-corrected chi connectivity index (χ2v) is 7.32. The van der Waals surface area contributed by atoms with Crippen molar-refractivity contribution in [2.45, 2.75) is 19.4 Å². The number of hydrogen-bond donors (Lipinski definition) is 2. The molecule has 0 aliphatic carbocycles.